The van der Waals surface area contributed by atoms with Crippen molar-refractivity contribution in [3.8, 4) is 0 Å². The van der Waals surface area contributed by atoms with Crippen molar-refractivity contribution in [3.63, 3.8) is 0 Å². The van der Waals surface area contributed by atoms with Crippen LogP contribution in [-0.2, 0) is 5.92 Å². The van der Waals surface area contributed by atoms with E-state index in [1.807, 2.05) is 5.32 Å². The van der Waals surface area contributed by atoms with Gasteiger partial charge in [-0.3, -0.25) is 10.1 Å². The van der Waals surface area contributed by atoms with Gasteiger partial charge in [0, 0.05) is 5.56 Å². The number of hydrogen-bond donors (Lipinski definition) is 1. The van der Waals surface area contributed by atoms with Crippen LogP contribution in [0.25, 0.3) is 0 Å². The quantitative estimate of drug-likeness (QED) is 0.792. The van der Waals surface area contributed by atoms with Crippen LogP contribution in [0.2, 0.25) is 0 Å². The van der Waals surface area contributed by atoms with Gasteiger partial charge in [-0.2, -0.15) is 30.7 Å². The van der Waals surface area contributed by atoms with E-state index in [0.717, 1.165) is 0 Å². The molecular formula is C13H8F7N3OS. The van der Waals surface area contributed by atoms with E-state index in [1.165, 1.54) is 18.2 Å². The van der Waals surface area contributed by atoms with Crippen molar-refractivity contribution in [2.75, 3.05) is 5.32 Å². The van der Waals surface area contributed by atoms with Gasteiger partial charge in [0.2, 0.25) is 5.13 Å². The molecule has 0 saturated carbocycles. The first-order chi connectivity index (χ1) is 11.4. The fourth-order valence-corrected chi connectivity index (χ4v) is 2.42. The van der Waals surface area contributed by atoms with Crippen LogP contribution in [0.1, 0.15) is 20.9 Å². The summed E-state index contributed by atoms with van der Waals surface area (Å²) in [5.41, 5.74) is 0.825. The molecule has 0 aliphatic rings. The third kappa shape index (κ3) is 3.57. The Balaban J connectivity index is 2.24. The van der Waals surface area contributed by atoms with E-state index >= 15 is 0 Å². The lowest BCUT2D eigenvalue weighted by Crippen LogP contribution is -2.50. The van der Waals surface area contributed by atoms with Crippen LogP contribution in [0, 0.1) is 6.92 Å². The summed E-state index contributed by atoms with van der Waals surface area (Å²) in [6.45, 7) is 1.68. The van der Waals surface area contributed by atoms with Crippen molar-refractivity contribution in [1.29, 1.82) is 0 Å². The minimum absolute atomic E-state index is 0.115. The summed E-state index contributed by atoms with van der Waals surface area (Å²) in [6, 6.07) is 6.05. The lowest BCUT2D eigenvalue weighted by atomic mass is 10.1. The molecule has 1 aromatic carbocycles. The lowest BCUT2D eigenvalue weighted by molar-refractivity contribution is -0.359. The van der Waals surface area contributed by atoms with E-state index in [0.29, 0.717) is 5.56 Å². The second-order valence-electron chi connectivity index (χ2n) is 4.88. The van der Waals surface area contributed by atoms with Crippen molar-refractivity contribution in [3.05, 3.63) is 40.4 Å². The number of benzene rings is 1. The molecule has 1 amide bonds. The molecule has 0 saturated heterocycles. The number of carbonyl (C=O) groups excluding carboxylic acids is 1. The molecule has 0 radical (unpaired) electrons. The summed E-state index contributed by atoms with van der Waals surface area (Å²) in [7, 11) is 0. The molecule has 0 aliphatic heterocycles. The molecule has 1 heterocycles. The van der Waals surface area contributed by atoms with Gasteiger partial charge in [-0.1, -0.05) is 29.0 Å². The SMILES string of the molecule is Cc1cccc(C(=O)Nc2nnc(C(F)(F)C(F)(F)C(F)(F)F)s2)c1. The summed E-state index contributed by atoms with van der Waals surface area (Å²) < 4.78 is 89.3. The highest BCUT2D eigenvalue weighted by atomic mass is 32.1. The zero-order valence-corrected chi connectivity index (χ0v) is 13.0. The van der Waals surface area contributed by atoms with Crippen molar-refractivity contribution in [2.24, 2.45) is 0 Å². The summed E-state index contributed by atoms with van der Waals surface area (Å²) in [6.07, 6.45) is -6.48. The number of rotatable bonds is 4. The molecule has 0 aliphatic carbocycles. The fourth-order valence-electron chi connectivity index (χ4n) is 1.67. The molecule has 0 fully saturated rings. The molecule has 0 atom stereocenters. The number of aromatic nitrogens is 2. The monoisotopic (exact) mass is 387 g/mol. The van der Waals surface area contributed by atoms with E-state index in [9.17, 15) is 35.5 Å². The van der Waals surface area contributed by atoms with E-state index in [1.54, 1.807) is 13.0 Å². The molecular weight excluding hydrogens is 379 g/mol. The number of anilines is 1. The molecule has 4 nitrogen and oxygen atoms in total. The lowest BCUT2D eigenvalue weighted by Gasteiger charge is -2.25. The summed E-state index contributed by atoms with van der Waals surface area (Å²) in [4.78, 5) is 11.9. The minimum atomic E-state index is -6.48. The third-order valence-corrected chi connectivity index (χ3v) is 3.85. The maximum atomic E-state index is 13.5. The first-order valence-electron chi connectivity index (χ1n) is 6.40. The average molecular weight is 387 g/mol. The van der Waals surface area contributed by atoms with Gasteiger partial charge < -0.3 is 0 Å². The van der Waals surface area contributed by atoms with E-state index in [-0.39, 0.29) is 16.9 Å². The van der Waals surface area contributed by atoms with Crippen molar-refractivity contribution >= 4 is 22.4 Å². The van der Waals surface area contributed by atoms with Gasteiger partial charge in [0.1, 0.15) is 0 Å². The first kappa shape index (κ1) is 19.1. The van der Waals surface area contributed by atoms with Crippen LogP contribution in [0.5, 0.6) is 0 Å². The Morgan fingerprint density at radius 2 is 1.72 bits per heavy atom. The molecule has 2 aromatic rings. The highest BCUT2D eigenvalue weighted by Crippen LogP contribution is 2.52. The molecule has 0 unspecified atom stereocenters. The molecule has 136 valence electrons. The van der Waals surface area contributed by atoms with E-state index < -0.39 is 34.1 Å². The van der Waals surface area contributed by atoms with Crippen molar-refractivity contribution in [1.82, 2.24) is 10.2 Å². The topological polar surface area (TPSA) is 54.9 Å². The van der Waals surface area contributed by atoms with Gasteiger partial charge in [-0.15, -0.1) is 10.2 Å². The standard InChI is InChI=1S/C13H8F7N3OS/c1-6-3-2-4-7(5-6)8(24)21-10-23-22-9(25-10)11(14,15)12(16,17)13(18,19)20/h2-5H,1H3,(H,21,23,24). The maximum absolute atomic E-state index is 13.5. The van der Waals surface area contributed by atoms with Gasteiger partial charge >= 0.3 is 18.0 Å². The van der Waals surface area contributed by atoms with Crippen LogP contribution in [0.15, 0.2) is 24.3 Å². The van der Waals surface area contributed by atoms with E-state index in [2.05, 4.69) is 10.2 Å². The predicted molar refractivity (Wildman–Crippen MR) is 73.9 cm³/mol. The molecule has 0 spiro atoms. The van der Waals surface area contributed by atoms with Crippen molar-refractivity contribution < 1.29 is 35.5 Å². The number of carbonyl (C=O) groups is 1. The first-order valence-corrected chi connectivity index (χ1v) is 7.22. The Bertz CT molecular complexity index is 788. The van der Waals surface area contributed by atoms with Crippen LogP contribution < -0.4 is 5.32 Å². The van der Waals surface area contributed by atoms with Crippen LogP contribution in [0.4, 0.5) is 35.9 Å². The zero-order valence-electron chi connectivity index (χ0n) is 12.2. The summed E-state index contributed by atoms with van der Waals surface area (Å²) in [5, 5.41) is 5.19. The van der Waals surface area contributed by atoms with Gasteiger partial charge in [0.05, 0.1) is 0 Å². The van der Waals surface area contributed by atoms with Gasteiger partial charge in [-0.25, -0.2) is 0 Å². The predicted octanol–water partition coefficient (Wildman–Crippen LogP) is 4.39. The Morgan fingerprint density at radius 3 is 2.28 bits per heavy atom. The average Bonchev–Trinajstić information content (AvgIpc) is 2.95. The number of hydrogen-bond acceptors (Lipinski definition) is 4. The van der Waals surface area contributed by atoms with Gasteiger partial charge in [0.25, 0.3) is 5.91 Å². The smallest absolute Gasteiger partial charge is 0.296 e. The molecule has 0 bridgehead atoms. The molecule has 1 aromatic heterocycles. The zero-order chi connectivity index (χ0) is 19.0. The summed E-state index contributed by atoms with van der Waals surface area (Å²) >= 11 is -0.274. The second kappa shape index (κ2) is 6.24. The Hall–Kier alpha value is -2.24. The summed E-state index contributed by atoms with van der Waals surface area (Å²) in [5.74, 6) is -12.8. The normalized spacial score (nSPS) is 13.0. The number of halogens is 7. The Labute approximate surface area is 139 Å². The number of nitrogens with zero attached hydrogens (tertiary/aromatic N) is 2. The van der Waals surface area contributed by atoms with Gasteiger partial charge in [0.15, 0.2) is 5.01 Å². The highest BCUT2D eigenvalue weighted by molar-refractivity contribution is 7.15. The second-order valence-corrected chi connectivity index (χ2v) is 5.86. The Kier molecular flexibility index (Phi) is 4.77. The van der Waals surface area contributed by atoms with Crippen molar-refractivity contribution in [2.45, 2.75) is 24.9 Å². The molecule has 1 N–H and O–H groups in total. The molecule has 25 heavy (non-hydrogen) atoms. The fraction of sp³-hybridized carbons (Fsp3) is 0.308. The highest BCUT2D eigenvalue weighted by Gasteiger charge is 2.75. The molecule has 2 rings (SSSR count). The minimum Gasteiger partial charge on any atom is -0.296 e. The number of amides is 1. The van der Waals surface area contributed by atoms with Gasteiger partial charge in [-0.05, 0) is 19.1 Å². The largest absolute Gasteiger partial charge is 0.460 e. The number of alkyl halides is 7. The molecule has 12 heteroatoms. The number of nitrogens with one attached hydrogen (secondary N) is 1. The van der Waals surface area contributed by atoms with Crippen LogP contribution >= 0.6 is 11.3 Å². The maximum Gasteiger partial charge on any atom is 0.460 e. The third-order valence-electron chi connectivity index (χ3n) is 2.94. The van der Waals surface area contributed by atoms with Crippen LogP contribution in [-0.4, -0.2) is 28.2 Å². The van der Waals surface area contributed by atoms with Crippen LogP contribution in [0.3, 0.4) is 0 Å². The van der Waals surface area contributed by atoms with E-state index in [4.69, 9.17) is 0 Å². The number of aryl methyl sites for hydroxylation is 1. The Morgan fingerprint density at radius 1 is 1.08 bits per heavy atom.